The van der Waals surface area contributed by atoms with E-state index in [0.717, 1.165) is 16.0 Å². The van der Waals surface area contributed by atoms with Crippen LogP contribution in [0.15, 0.2) is 24.3 Å². The first-order valence-corrected chi connectivity index (χ1v) is 16.3. The van der Waals surface area contributed by atoms with Crippen LogP contribution < -0.4 is 10.6 Å². The second kappa shape index (κ2) is 13.3. The van der Waals surface area contributed by atoms with Gasteiger partial charge in [-0.15, -0.1) is 0 Å². The lowest BCUT2D eigenvalue weighted by Gasteiger charge is -2.31. The molecular formula is C33H44F2N4O8. The van der Waals surface area contributed by atoms with Crippen LogP contribution in [-0.2, 0) is 36.8 Å². The molecule has 12 nitrogen and oxygen atoms in total. The minimum absolute atomic E-state index is 0.135. The average Bonchev–Trinajstić information content (AvgIpc) is 3.53. The van der Waals surface area contributed by atoms with Crippen LogP contribution in [0.1, 0.15) is 83.3 Å². The molecule has 0 spiro atoms. The summed E-state index contributed by atoms with van der Waals surface area (Å²) in [5.74, 6) is -6.40. The zero-order valence-electron chi connectivity index (χ0n) is 27.1. The number of hydrogen-bond acceptors (Lipinski definition) is 7. The van der Waals surface area contributed by atoms with E-state index in [1.165, 1.54) is 4.90 Å². The molecule has 5 atom stereocenters. The van der Waals surface area contributed by atoms with Crippen molar-refractivity contribution in [1.29, 1.82) is 0 Å². The molecule has 1 aliphatic carbocycles. The normalized spacial score (nSPS) is 29.6. The van der Waals surface area contributed by atoms with Crippen LogP contribution in [0.2, 0.25) is 0 Å². The van der Waals surface area contributed by atoms with Gasteiger partial charge in [0.05, 0.1) is 6.54 Å². The molecule has 4 aliphatic rings. The number of alkyl carbamates (subject to hydrolysis) is 1. The summed E-state index contributed by atoms with van der Waals surface area (Å²) in [6.45, 7) is 5.33. The summed E-state index contributed by atoms with van der Waals surface area (Å²) < 4.78 is 41.1. The van der Waals surface area contributed by atoms with Crippen molar-refractivity contribution >= 4 is 30.0 Å². The van der Waals surface area contributed by atoms with Gasteiger partial charge in [-0.3, -0.25) is 9.59 Å². The number of hydrogen-bond donors (Lipinski definition) is 3. The highest BCUT2D eigenvalue weighted by molar-refractivity contribution is 5.96. The number of carboxylic acids is 1. The lowest BCUT2D eigenvalue weighted by molar-refractivity contribution is -0.146. The maximum atomic E-state index is 15.0. The number of amides is 4. The number of halogens is 2. The number of rotatable bonds is 3. The van der Waals surface area contributed by atoms with Gasteiger partial charge in [0.1, 0.15) is 29.3 Å². The summed E-state index contributed by atoms with van der Waals surface area (Å²) in [5.41, 5.74) is -0.397. The van der Waals surface area contributed by atoms with Crippen LogP contribution in [0.25, 0.3) is 0 Å². The Morgan fingerprint density at radius 1 is 1.06 bits per heavy atom. The van der Waals surface area contributed by atoms with Gasteiger partial charge in [0.15, 0.2) is 0 Å². The van der Waals surface area contributed by atoms with Crippen LogP contribution >= 0.6 is 0 Å². The van der Waals surface area contributed by atoms with Gasteiger partial charge in [-0.2, -0.15) is 0 Å². The van der Waals surface area contributed by atoms with Crippen molar-refractivity contribution in [1.82, 2.24) is 20.4 Å². The third kappa shape index (κ3) is 8.13. The van der Waals surface area contributed by atoms with E-state index >= 15 is 0 Å². The maximum absolute atomic E-state index is 15.0. The van der Waals surface area contributed by atoms with Gasteiger partial charge in [-0.25, -0.2) is 23.2 Å². The lowest BCUT2D eigenvalue weighted by Crippen LogP contribution is -2.56. The fourth-order valence-electron chi connectivity index (χ4n) is 6.86. The fourth-order valence-corrected chi connectivity index (χ4v) is 6.86. The Morgan fingerprint density at radius 3 is 2.49 bits per heavy atom. The number of ether oxygens (including phenoxy) is 2. The number of benzene rings is 1. The molecule has 1 aromatic rings. The molecule has 14 heteroatoms. The second-order valence-electron chi connectivity index (χ2n) is 14.2. The highest BCUT2D eigenvalue weighted by atomic mass is 19.3. The molecule has 3 heterocycles. The summed E-state index contributed by atoms with van der Waals surface area (Å²) >= 11 is 0. The molecule has 5 rings (SSSR count). The van der Waals surface area contributed by atoms with Crippen molar-refractivity contribution in [2.24, 2.45) is 5.92 Å². The fraction of sp³-hybridized carbons (Fsp3) is 0.667. The largest absolute Gasteiger partial charge is 0.479 e. The zero-order valence-corrected chi connectivity index (χ0v) is 27.1. The first kappa shape index (κ1) is 34.4. The molecule has 0 bridgehead atoms. The van der Waals surface area contributed by atoms with Crippen LogP contribution in [-0.4, -0.2) is 93.2 Å². The number of alkyl halides is 2. The number of carbonyl (C=O) groups excluding carboxylic acids is 4. The van der Waals surface area contributed by atoms with E-state index in [0.29, 0.717) is 32.4 Å². The van der Waals surface area contributed by atoms with E-state index in [2.05, 4.69) is 10.6 Å². The van der Waals surface area contributed by atoms with Crippen LogP contribution in [0.5, 0.6) is 0 Å². The Balaban J connectivity index is 1.39. The average molecular weight is 663 g/mol. The molecule has 47 heavy (non-hydrogen) atoms. The monoisotopic (exact) mass is 662 g/mol. The molecular weight excluding hydrogens is 618 g/mol. The van der Waals surface area contributed by atoms with E-state index in [9.17, 15) is 37.9 Å². The number of nitrogens with one attached hydrogen (secondary N) is 2. The molecule has 0 radical (unpaired) electrons. The highest BCUT2D eigenvalue weighted by Gasteiger charge is 2.62. The molecule has 3 N–H and O–H groups in total. The van der Waals surface area contributed by atoms with Gasteiger partial charge < -0.3 is 35.0 Å². The molecule has 3 aliphatic heterocycles. The molecule has 2 saturated heterocycles. The molecule has 1 saturated carbocycles. The summed E-state index contributed by atoms with van der Waals surface area (Å²) in [6, 6.07) is 4.98. The first-order valence-electron chi connectivity index (χ1n) is 16.3. The van der Waals surface area contributed by atoms with Crippen molar-refractivity contribution < 1.29 is 47.3 Å². The minimum atomic E-state index is -3.15. The molecule has 4 amide bonds. The summed E-state index contributed by atoms with van der Waals surface area (Å²) in [4.78, 5) is 68.8. The van der Waals surface area contributed by atoms with Gasteiger partial charge in [0, 0.05) is 32.4 Å². The van der Waals surface area contributed by atoms with E-state index in [-0.39, 0.29) is 25.8 Å². The predicted octanol–water partition coefficient (Wildman–Crippen LogP) is 3.99. The second-order valence-corrected chi connectivity index (χ2v) is 14.2. The van der Waals surface area contributed by atoms with Crippen molar-refractivity contribution in [2.75, 3.05) is 13.1 Å². The number of carbonyl (C=O) groups is 5. The summed E-state index contributed by atoms with van der Waals surface area (Å²) in [6.07, 6.45) is -2.71. The standard InChI is InChI=1S/C33H44F2N4O8/c1-31(2,3)47-29(44)36-24-11-14-32(34,35)13-7-6-10-22-17-33(22,28(42)43)37-26(40)25-16-23(19-39(25)27(24)41)46-30(45)38-15-12-20-8-4-5-9-21(20)18-38/h4-5,8-9,22-25H,6-7,10-19H2,1-3H3,(H,36,44)(H,37,40)(H,42,43)/t22-,23-,24+,25+,33-/m1/s1. The zero-order chi connectivity index (χ0) is 34.1. The molecule has 3 fully saturated rings. The highest BCUT2D eigenvalue weighted by Crippen LogP contribution is 2.48. The van der Waals surface area contributed by atoms with Crippen LogP contribution in [0, 0.1) is 5.92 Å². The lowest BCUT2D eigenvalue weighted by atomic mass is 10.00. The van der Waals surface area contributed by atoms with E-state index in [1.54, 1.807) is 20.8 Å². The van der Waals surface area contributed by atoms with Gasteiger partial charge in [0.2, 0.25) is 17.7 Å². The van der Waals surface area contributed by atoms with Crippen molar-refractivity contribution in [3.63, 3.8) is 0 Å². The Labute approximate surface area is 272 Å². The Bertz CT molecular complexity index is 1400. The Hall–Kier alpha value is -3.97. The third-order valence-corrected chi connectivity index (χ3v) is 9.47. The molecule has 0 aromatic heterocycles. The number of nitrogens with zero attached hydrogens (tertiary/aromatic N) is 2. The maximum Gasteiger partial charge on any atom is 0.410 e. The summed E-state index contributed by atoms with van der Waals surface area (Å²) in [7, 11) is 0. The van der Waals surface area contributed by atoms with Gasteiger partial charge >= 0.3 is 18.2 Å². The van der Waals surface area contributed by atoms with Crippen LogP contribution in [0.4, 0.5) is 18.4 Å². The smallest absolute Gasteiger partial charge is 0.410 e. The van der Waals surface area contributed by atoms with E-state index in [1.807, 2.05) is 24.3 Å². The topological polar surface area (TPSA) is 155 Å². The predicted molar refractivity (Wildman–Crippen MR) is 163 cm³/mol. The molecule has 0 unspecified atom stereocenters. The van der Waals surface area contributed by atoms with Crippen LogP contribution in [0.3, 0.4) is 0 Å². The SMILES string of the molecule is CC(C)(C)OC(=O)N[C@H]1CCC(F)(F)CCCC[C@@H]2C[C@@]2(C(=O)O)NC(=O)[C@@H]2C[C@@H](OC(=O)N3CCc4ccccc4C3)CN2C1=O. The van der Waals surface area contributed by atoms with E-state index in [4.69, 9.17) is 9.47 Å². The van der Waals surface area contributed by atoms with Gasteiger partial charge in [-0.1, -0.05) is 30.7 Å². The van der Waals surface area contributed by atoms with Gasteiger partial charge in [-0.05, 0) is 69.9 Å². The quantitative estimate of drug-likeness (QED) is 0.439. The number of fused-ring (bicyclic) bond motifs is 3. The van der Waals surface area contributed by atoms with Gasteiger partial charge in [0.25, 0.3) is 0 Å². The van der Waals surface area contributed by atoms with Crippen molar-refractivity contribution in [3.05, 3.63) is 35.4 Å². The number of aliphatic carboxylic acids is 1. The Morgan fingerprint density at radius 2 is 1.79 bits per heavy atom. The van der Waals surface area contributed by atoms with E-state index < -0.39 is 90.4 Å². The van der Waals surface area contributed by atoms with Crippen molar-refractivity contribution in [2.45, 2.75) is 120 Å². The number of carboxylic acid groups (broad SMARTS) is 1. The molecule has 1 aromatic carbocycles. The molecule has 258 valence electrons. The van der Waals surface area contributed by atoms with Crippen molar-refractivity contribution in [3.8, 4) is 0 Å². The first-order chi connectivity index (χ1) is 22.1. The minimum Gasteiger partial charge on any atom is -0.479 e. The third-order valence-electron chi connectivity index (χ3n) is 9.47. The Kier molecular flexibility index (Phi) is 9.70. The summed E-state index contributed by atoms with van der Waals surface area (Å²) in [5, 5.41) is 15.1.